The molecule has 13 heteroatoms. The number of aromatic nitrogens is 5. The molecule has 3 heterocycles. The van der Waals surface area contributed by atoms with Crippen LogP contribution in [0.3, 0.4) is 0 Å². The molecule has 0 spiro atoms. The molecule has 0 saturated heterocycles. The van der Waals surface area contributed by atoms with E-state index in [1.165, 1.54) is 35.3 Å². The van der Waals surface area contributed by atoms with Crippen LogP contribution in [0.2, 0.25) is 0 Å². The third-order valence-electron chi connectivity index (χ3n) is 5.95. The fraction of sp³-hybridized carbons (Fsp3) is 0.154. The molecule has 0 saturated carbocycles. The van der Waals surface area contributed by atoms with E-state index in [-0.39, 0.29) is 36.2 Å². The highest BCUT2D eigenvalue weighted by molar-refractivity contribution is 5.67. The highest BCUT2D eigenvalue weighted by atomic mass is 19.4. The maximum Gasteiger partial charge on any atom is 0.417 e. The molecule has 1 aromatic heterocycles. The summed E-state index contributed by atoms with van der Waals surface area (Å²) in [6.45, 7) is 0.173. The first-order valence-electron chi connectivity index (χ1n) is 11.4. The average molecular weight is 546 g/mol. The van der Waals surface area contributed by atoms with E-state index in [2.05, 4.69) is 20.1 Å². The Morgan fingerprint density at radius 2 is 1.56 bits per heavy atom. The van der Waals surface area contributed by atoms with E-state index < -0.39 is 34.9 Å². The van der Waals surface area contributed by atoms with Crippen LogP contribution in [0.25, 0.3) is 34.0 Å². The van der Waals surface area contributed by atoms with Crippen molar-refractivity contribution in [2.24, 2.45) is 5.73 Å². The van der Waals surface area contributed by atoms with E-state index in [9.17, 15) is 30.7 Å². The number of halogens is 7. The summed E-state index contributed by atoms with van der Waals surface area (Å²) >= 11 is 0. The molecule has 2 aromatic carbocycles. The summed E-state index contributed by atoms with van der Waals surface area (Å²) < 4.78 is 95.6. The molecule has 39 heavy (non-hydrogen) atoms. The first kappa shape index (κ1) is 26.2. The van der Waals surface area contributed by atoms with Gasteiger partial charge < -0.3 is 5.73 Å². The number of imidazole rings is 1. The summed E-state index contributed by atoms with van der Waals surface area (Å²) in [7, 11) is 0. The van der Waals surface area contributed by atoms with Gasteiger partial charge in [0.2, 0.25) is 0 Å². The minimum absolute atomic E-state index is 0.0185. The Labute approximate surface area is 216 Å². The Hall–Kier alpha value is -4.39. The molecule has 0 amide bonds. The monoisotopic (exact) mass is 546 g/mol. The molecule has 0 bridgehead atoms. The zero-order valence-corrected chi connectivity index (χ0v) is 19.7. The van der Waals surface area contributed by atoms with Gasteiger partial charge in [0.25, 0.3) is 0 Å². The maximum atomic E-state index is 14.7. The first-order valence-corrected chi connectivity index (χ1v) is 11.4. The van der Waals surface area contributed by atoms with E-state index in [0.717, 1.165) is 6.07 Å². The molecule has 2 N–H and O–H groups in total. The number of benzene rings is 2. The van der Waals surface area contributed by atoms with E-state index in [0.29, 0.717) is 28.6 Å². The van der Waals surface area contributed by atoms with Gasteiger partial charge in [0, 0.05) is 23.9 Å². The SMILES string of the molecule is NCc1cccc(-c2nc3cnn(Cc4ccc(-c5ccc(C(F)(F)F)cc5C(F)(F)F)nc4)cc-3n2)c1F. The van der Waals surface area contributed by atoms with Crippen molar-refractivity contribution in [3.05, 3.63) is 95.2 Å². The van der Waals surface area contributed by atoms with Crippen molar-refractivity contribution < 1.29 is 30.7 Å². The Kier molecular flexibility index (Phi) is 6.54. The molecule has 2 aliphatic rings. The van der Waals surface area contributed by atoms with Gasteiger partial charge in [0.05, 0.1) is 41.3 Å². The summed E-state index contributed by atoms with van der Waals surface area (Å²) in [6.07, 6.45) is -5.61. The Morgan fingerprint density at radius 1 is 0.795 bits per heavy atom. The Morgan fingerprint density at radius 3 is 2.23 bits per heavy atom. The van der Waals surface area contributed by atoms with Gasteiger partial charge in [-0.05, 0) is 29.8 Å². The van der Waals surface area contributed by atoms with E-state index in [1.807, 2.05) is 0 Å². The molecule has 0 fully saturated rings. The van der Waals surface area contributed by atoms with Crippen molar-refractivity contribution in [2.75, 3.05) is 0 Å². The molecule has 0 atom stereocenters. The second kappa shape index (κ2) is 9.73. The lowest BCUT2D eigenvalue weighted by atomic mass is 10.00. The Balaban J connectivity index is 1.41. The predicted octanol–water partition coefficient (Wildman–Crippen LogP) is 6.19. The quantitative estimate of drug-likeness (QED) is 0.266. The summed E-state index contributed by atoms with van der Waals surface area (Å²) in [5.41, 5.74) is 4.05. The molecule has 200 valence electrons. The standard InChI is InChI=1S/C26H17F7N6/c27-23-15(9-34)2-1-3-18(23)24-37-21-11-36-39(13-22(21)38-24)12-14-4-7-20(35-10-14)17-6-5-16(25(28,29)30)8-19(17)26(31,32)33/h1-8,10-11,13H,9,12,34H2. The zero-order valence-electron chi connectivity index (χ0n) is 19.7. The molecule has 3 aromatic rings. The van der Waals surface area contributed by atoms with Crippen LogP contribution in [0.1, 0.15) is 22.3 Å². The van der Waals surface area contributed by atoms with Crippen LogP contribution < -0.4 is 5.73 Å². The molecule has 5 rings (SSSR count). The third kappa shape index (κ3) is 5.30. The van der Waals surface area contributed by atoms with Crippen molar-refractivity contribution in [2.45, 2.75) is 25.4 Å². The van der Waals surface area contributed by atoms with Crippen LogP contribution in [0.4, 0.5) is 30.7 Å². The first-order chi connectivity index (χ1) is 18.4. The number of rotatable bonds is 5. The van der Waals surface area contributed by atoms with Gasteiger partial charge in [-0.3, -0.25) is 9.67 Å². The molecule has 0 radical (unpaired) electrons. The van der Waals surface area contributed by atoms with Gasteiger partial charge in [0.15, 0.2) is 5.82 Å². The molecule has 0 aliphatic carbocycles. The summed E-state index contributed by atoms with van der Waals surface area (Å²) in [5.74, 6) is -0.343. The average Bonchev–Trinajstić information content (AvgIpc) is 3.31. The van der Waals surface area contributed by atoms with Crippen molar-refractivity contribution in [1.82, 2.24) is 24.7 Å². The molecule has 6 nitrogen and oxygen atoms in total. The lowest BCUT2D eigenvalue weighted by molar-refractivity contribution is -0.142. The summed E-state index contributed by atoms with van der Waals surface area (Å²) in [4.78, 5) is 12.7. The van der Waals surface area contributed by atoms with Crippen LogP contribution >= 0.6 is 0 Å². The van der Waals surface area contributed by atoms with Crippen molar-refractivity contribution in [1.29, 1.82) is 0 Å². The maximum absolute atomic E-state index is 14.7. The minimum Gasteiger partial charge on any atom is -0.326 e. The third-order valence-corrected chi connectivity index (χ3v) is 5.95. The molecule has 0 unspecified atom stereocenters. The van der Waals surface area contributed by atoms with Crippen LogP contribution in [0.5, 0.6) is 0 Å². The van der Waals surface area contributed by atoms with E-state index in [4.69, 9.17) is 5.73 Å². The number of nitrogens with zero attached hydrogens (tertiary/aromatic N) is 5. The van der Waals surface area contributed by atoms with Gasteiger partial charge in [-0.25, -0.2) is 14.4 Å². The van der Waals surface area contributed by atoms with Gasteiger partial charge in [-0.15, -0.1) is 0 Å². The summed E-state index contributed by atoms with van der Waals surface area (Å²) in [5, 5.41) is 4.24. The fourth-order valence-corrected chi connectivity index (χ4v) is 4.02. The topological polar surface area (TPSA) is 82.5 Å². The van der Waals surface area contributed by atoms with Crippen molar-refractivity contribution in [3.63, 3.8) is 0 Å². The number of fused-ring (bicyclic) bond motifs is 1. The second-order valence-corrected chi connectivity index (χ2v) is 8.58. The van der Waals surface area contributed by atoms with E-state index in [1.54, 1.807) is 18.3 Å². The number of pyridine rings is 1. The predicted molar refractivity (Wildman–Crippen MR) is 127 cm³/mol. The number of hydrogen-bond donors (Lipinski definition) is 1. The van der Waals surface area contributed by atoms with Gasteiger partial charge in [0.1, 0.15) is 17.2 Å². The second-order valence-electron chi connectivity index (χ2n) is 8.58. The zero-order chi connectivity index (χ0) is 27.9. The van der Waals surface area contributed by atoms with Crippen LogP contribution in [0.15, 0.2) is 67.1 Å². The lowest BCUT2D eigenvalue weighted by Crippen LogP contribution is -2.12. The van der Waals surface area contributed by atoms with Gasteiger partial charge >= 0.3 is 12.4 Å². The van der Waals surface area contributed by atoms with Crippen molar-refractivity contribution in [3.8, 4) is 34.0 Å². The highest BCUT2D eigenvalue weighted by Crippen LogP contribution is 2.40. The molecular weight excluding hydrogens is 529 g/mol. The fourth-order valence-electron chi connectivity index (χ4n) is 4.02. The number of hydrogen-bond acceptors (Lipinski definition) is 5. The molecule has 2 aliphatic heterocycles. The van der Waals surface area contributed by atoms with Crippen LogP contribution in [-0.4, -0.2) is 24.7 Å². The van der Waals surface area contributed by atoms with Gasteiger partial charge in [-0.1, -0.05) is 24.3 Å². The highest BCUT2D eigenvalue weighted by Gasteiger charge is 2.38. The number of nitrogens with two attached hydrogens (primary N) is 1. The van der Waals surface area contributed by atoms with Gasteiger partial charge in [-0.2, -0.15) is 31.4 Å². The number of alkyl halides is 6. The molecular formula is C26H17F7N6. The van der Waals surface area contributed by atoms with Crippen LogP contribution in [0, 0.1) is 5.82 Å². The summed E-state index contributed by atoms with van der Waals surface area (Å²) in [6, 6.07) is 8.97. The minimum atomic E-state index is -5.01. The smallest absolute Gasteiger partial charge is 0.326 e. The Bertz CT molecular complexity index is 1610. The normalized spacial score (nSPS) is 12.3. The van der Waals surface area contributed by atoms with E-state index >= 15 is 0 Å². The lowest BCUT2D eigenvalue weighted by Gasteiger charge is -2.16. The van der Waals surface area contributed by atoms with Crippen molar-refractivity contribution >= 4 is 0 Å². The van der Waals surface area contributed by atoms with Crippen LogP contribution in [-0.2, 0) is 25.4 Å². The largest absolute Gasteiger partial charge is 0.417 e.